The third-order valence-electron chi connectivity index (χ3n) is 10.7. The van der Waals surface area contributed by atoms with Gasteiger partial charge in [0, 0.05) is 37.8 Å². The maximum atomic E-state index is 13.3. The van der Waals surface area contributed by atoms with Crippen molar-refractivity contribution < 1.29 is 38.1 Å². The SMILES string of the molecule is COC(=O)N[C@H](C(=O)N(C)[C@@H](C)c1ncc(C2CCC(C3COC(c4cnc([C@H](C)N(C)C(=O)[C@@H](NC(=O)OC)C(C)C)[nH]4)OC3)CC2)[nH]1)C(C)C. The van der Waals surface area contributed by atoms with E-state index in [-0.39, 0.29) is 35.6 Å². The summed E-state index contributed by atoms with van der Waals surface area (Å²) in [5, 5.41) is 5.27. The van der Waals surface area contributed by atoms with Crippen molar-refractivity contribution in [3.05, 3.63) is 35.4 Å². The Morgan fingerprint density at radius 2 is 1.13 bits per heavy atom. The Balaban J connectivity index is 1.26. The second-order valence-electron chi connectivity index (χ2n) is 14.8. The maximum absolute atomic E-state index is 13.3. The topological polar surface area (TPSA) is 193 Å². The van der Waals surface area contributed by atoms with Crippen LogP contribution in [0.2, 0.25) is 0 Å². The molecule has 1 aliphatic heterocycles. The van der Waals surface area contributed by atoms with Crippen molar-refractivity contribution in [3.8, 4) is 0 Å². The van der Waals surface area contributed by atoms with Gasteiger partial charge in [-0.2, -0.15) is 0 Å². The quantitative estimate of drug-likeness (QED) is 0.227. The molecular weight excluding hydrogens is 672 g/mol. The molecule has 0 spiro atoms. The van der Waals surface area contributed by atoms with Gasteiger partial charge >= 0.3 is 12.2 Å². The number of likely N-dealkylation sites (N-methyl/N-ethyl adjacent to an activating group) is 2. The molecule has 2 aromatic heterocycles. The van der Waals surface area contributed by atoms with E-state index in [9.17, 15) is 19.2 Å². The van der Waals surface area contributed by atoms with Crippen molar-refractivity contribution in [2.75, 3.05) is 41.5 Å². The molecule has 1 aliphatic carbocycles. The third-order valence-corrected chi connectivity index (χ3v) is 10.7. The van der Waals surface area contributed by atoms with Gasteiger partial charge in [-0.3, -0.25) is 9.59 Å². The van der Waals surface area contributed by atoms with Crippen LogP contribution in [0.25, 0.3) is 0 Å². The highest BCUT2D eigenvalue weighted by molar-refractivity contribution is 5.86. The molecule has 2 fully saturated rings. The summed E-state index contributed by atoms with van der Waals surface area (Å²) in [7, 11) is 5.94. The normalized spacial score (nSPS) is 22.9. The van der Waals surface area contributed by atoms with Crippen molar-refractivity contribution in [2.45, 2.75) is 104 Å². The first-order valence-electron chi connectivity index (χ1n) is 18.2. The fourth-order valence-electron chi connectivity index (χ4n) is 6.91. The third kappa shape index (κ3) is 9.62. The molecule has 0 aromatic carbocycles. The Morgan fingerprint density at radius 3 is 1.56 bits per heavy atom. The zero-order chi connectivity index (χ0) is 38.3. The van der Waals surface area contributed by atoms with E-state index < -0.39 is 36.6 Å². The molecule has 0 radical (unpaired) electrons. The Hall–Kier alpha value is -4.18. The van der Waals surface area contributed by atoms with E-state index in [0.717, 1.165) is 31.4 Å². The summed E-state index contributed by atoms with van der Waals surface area (Å²) in [5.41, 5.74) is 1.76. The average molecular weight is 731 g/mol. The number of amides is 4. The summed E-state index contributed by atoms with van der Waals surface area (Å²) in [4.78, 5) is 69.2. The number of nitrogens with zero attached hydrogens (tertiary/aromatic N) is 4. The van der Waals surface area contributed by atoms with Crippen LogP contribution in [0, 0.1) is 23.7 Å². The van der Waals surface area contributed by atoms with Crippen LogP contribution >= 0.6 is 0 Å². The molecule has 4 rings (SSSR count). The zero-order valence-corrected chi connectivity index (χ0v) is 32.2. The maximum Gasteiger partial charge on any atom is 0.407 e. The molecule has 1 saturated carbocycles. The van der Waals surface area contributed by atoms with Crippen molar-refractivity contribution in [2.24, 2.45) is 23.7 Å². The second kappa shape index (κ2) is 18.0. The Morgan fingerprint density at radius 1 is 0.712 bits per heavy atom. The second-order valence-corrected chi connectivity index (χ2v) is 14.8. The van der Waals surface area contributed by atoms with E-state index in [0.29, 0.717) is 42.4 Å². The highest BCUT2D eigenvalue weighted by Gasteiger charge is 2.36. The van der Waals surface area contributed by atoms with Gasteiger partial charge in [0.05, 0.1) is 51.4 Å². The number of aromatic nitrogens is 4. The minimum absolute atomic E-state index is 0.115. The molecule has 16 heteroatoms. The molecule has 290 valence electrons. The van der Waals surface area contributed by atoms with Crippen LogP contribution in [0.4, 0.5) is 9.59 Å². The van der Waals surface area contributed by atoms with Gasteiger partial charge < -0.3 is 49.3 Å². The van der Waals surface area contributed by atoms with Crippen molar-refractivity contribution in [1.82, 2.24) is 40.4 Å². The fourth-order valence-corrected chi connectivity index (χ4v) is 6.91. The van der Waals surface area contributed by atoms with Gasteiger partial charge in [0.25, 0.3) is 0 Å². The molecule has 0 unspecified atom stereocenters. The summed E-state index contributed by atoms with van der Waals surface area (Å²) < 4.78 is 21.8. The van der Waals surface area contributed by atoms with Crippen LogP contribution in [0.3, 0.4) is 0 Å². The number of alkyl carbamates (subject to hydrolysis) is 2. The van der Waals surface area contributed by atoms with Crippen LogP contribution in [0.5, 0.6) is 0 Å². The summed E-state index contributed by atoms with van der Waals surface area (Å²) in [6.07, 6.45) is 5.79. The smallest absolute Gasteiger partial charge is 0.407 e. The molecule has 16 nitrogen and oxygen atoms in total. The molecule has 4 amide bonds. The van der Waals surface area contributed by atoms with E-state index in [1.165, 1.54) is 14.2 Å². The number of aromatic amines is 2. The van der Waals surface area contributed by atoms with E-state index >= 15 is 0 Å². The van der Waals surface area contributed by atoms with E-state index in [2.05, 4.69) is 30.6 Å². The first-order chi connectivity index (χ1) is 24.7. The Labute approximate surface area is 306 Å². The van der Waals surface area contributed by atoms with Crippen LogP contribution in [0.1, 0.15) is 115 Å². The highest BCUT2D eigenvalue weighted by Crippen LogP contribution is 2.41. The van der Waals surface area contributed by atoms with Crippen LogP contribution < -0.4 is 10.6 Å². The van der Waals surface area contributed by atoms with E-state index in [1.54, 1.807) is 30.1 Å². The van der Waals surface area contributed by atoms with Crippen LogP contribution in [-0.2, 0) is 28.5 Å². The van der Waals surface area contributed by atoms with Gasteiger partial charge in [0.15, 0.2) is 0 Å². The minimum atomic E-state index is -0.738. The van der Waals surface area contributed by atoms with Gasteiger partial charge in [0.2, 0.25) is 18.1 Å². The van der Waals surface area contributed by atoms with Gasteiger partial charge in [0.1, 0.15) is 23.7 Å². The van der Waals surface area contributed by atoms with Crippen LogP contribution in [0.15, 0.2) is 12.4 Å². The Kier molecular flexibility index (Phi) is 14.1. The monoisotopic (exact) mass is 730 g/mol. The largest absolute Gasteiger partial charge is 0.453 e. The molecule has 1 saturated heterocycles. The van der Waals surface area contributed by atoms with Crippen molar-refractivity contribution in [1.29, 1.82) is 0 Å². The first kappa shape index (κ1) is 40.6. The lowest BCUT2D eigenvalue weighted by atomic mass is 9.75. The molecule has 2 aromatic rings. The van der Waals surface area contributed by atoms with Crippen molar-refractivity contribution in [3.63, 3.8) is 0 Å². The summed E-state index contributed by atoms with van der Waals surface area (Å²) in [5.74, 6) is 1.68. The molecule has 4 N–H and O–H groups in total. The van der Waals surface area contributed by atoms with Gasteiger partial charge in [-0.25, -0.2) is 19.6 Å². The first-order valence-corrected chi connectivity index (χ1v) is 18.2. The Bertz CT molecular complexity index is 1380. The molecule has 52 heavy (non-hydrogen) atoms. The highest BCUT2D eigenvalue weighted by atomic mass is 16.7. The molecule has 4 atom stereocenters. The summed E-state index contributed by atoms with van der Waals surface area (Å²) in [6, 6.07) is -2.15. The summed E-state index contributed by atoms with van der Waals surface area (Å²) >= 11 is 0. The number of imidazole rings is 2. The number of ether oxygens (including phenoxy) is 4. The summed E-state index contributed by atoms with van der Waals surface area (Å²) in [6.45, 7) is 12.4. The van der Waals surface area contributed by atoms with Gasteiger partial charge in [-0.1, -0.05) is 27.7 Å². The standard InChI is InChI=1S/C36H58N8O8/c1-19(2)28(41-35(47)49-9)32(45)43(7)21(5)30-37-15-26(39-30)24-13-11-23(12-14-24)25-17-51-34(52-18-25)27-16-38-31(40-27)22(6)44(8)33(46)29(20(3)4)42-36(48)50-10/h15-16,19-25,28-29,34H,11-14,17-18H2,1-10H3,(H,37,39)(H,38,40)(H,41,47)(H,42,48)/t21-,22-,23?,24?,25?,28-,29-,34?/m0/s1. The molecule has 3 heterocycles. The zero-order valence-electron chi connectivity index (χ0n) is 32.2. The number of carbonyl (C=O) groups excluding carboxylic acids is 4. The number of H-pyrrole nitrogens is 2. The lowest BCUT2D eigenvalue weighted by Gasteiger charge is -2.37. The predicted molar refractivity (Wildman–Crippen MR) is 191 cm³/mol. The number of hydrogen-bond donors (Lipinski definition) is 4. The lowest BCUT2D eigenvalue weighted by Crippen LogP contribution is -2.50. The number of carbonyl (C=O) groups is 4. The number of rotatable bonds is 13. The van der Waals surface area contributed by atoms with E-state index in [1.807, 2.05) is 47.7 Å². The molecule has 2 aliphatic rings. The van der Waals surface area contributed by atoms with E-state index in [4.69, 9.17) is 18.9 Å². The lowest BCUT2D eigenvalue weighted by molar-refractivity contribution is -0.216. The average Bonchev–Trinajstić information content (AvgIpc) is 3.85. The minimum Gasteiger partial charge on any atom is -0.453 e. The number of methoxy groups -OCH3 is 2. The number of nitrogens with one attached hydrogen (secondary N) is 4. The molecule has 0 bridgehead atoms. The predicted octanol–water partition coefficient (Wildman–Crippen LogP) is 4.57. The number of hydrogen-bond acceptors (Lipinski definition) is 10. The fraction of sp³-hybridized carbons (Fsp3) is 0.722. The van der Waals surface area contributed by atoms with Crippen LogP contribution in [-0.4, -0.2) is 107 Å². The molecular formula is C36H58N8O8. The van der Waals surface area contributed by atoms with Gasteiger partial charge in [-0.15, -0.1) is 0 Å². The van der Waals surface area contributed by atoms with Gasteiger partial charge in [-0.05, 0) is 57.3 Å². The van der Waals surface area contributed by atoms with Crippen molar-refractivity contribution >= 4 is 24.0 Å².